The summed E-state index contributed by atoms with van der Waals surface area (Å²) in [4.78, 5) is 17.4. The molecule has 4 heteroatoms. The first-order chi connectivity index (χ1) is 32.5. The van der Waals surface area contributed by atoms with Gasteiger partial charge in [-0.05, 0) is 112 Å². The molecule has 4 aromatic carbocycles. The van der Waals surface area contributed by atoms with E-state index in [1.54, 1.807) is 0 Å². The Kier molecular flexibility index (Phi) is 11.4. The zero-order valence-corrected chi connectivity index (χ0v) is 39.2. The van der Waals surface area contributed by atoms with Crippen molar-refractivity contribution in [3.8, 4) is 22.8 Å². The molecule has 1 aliphatic heterocycles. The van der Waals surface area contributed by atoms with Crippen LogP contribution in [0.3, 0.4) is 0 Å². The van der Waals surface area contributed by atoms with Crippen LogP contribution < -0.4 is 4.90 Å². The summed E-state index contributed by atoms with van der Waals surface area (Å²) >= 11 is 0. The Morgan fingerprint density at radius 1 is 0.776 bits per heavy atom. The number of anilines is 1. The second-order valence-electron chi connectivity index (χ2n) is 18.7. The quantitative estimate of drug-likeness (QED) is 0.115. The SMILES string of the molecule is C=C(/C=C(\C=C/C)C1=CC=C/C1=C1\C(C)C=CC1(C)C1=CC=C2CC(=C1)C1=CCc3ccccc3C(C)(C)C(=C)C=C1N2c1ccccc1)c1nc(-c2ccccc2)nc(-c2ccccc2)n1. The first-order valence-electron chi connectivity index (χ1n) is 23.4. The molecule has 5 aliphatic rings. The van der Waals surface area contributed by atoms with Crippen LogP contribution in [0, 0.1) is 11.3 Å². The highest BCUT2D eigenvalue weighted by molar-refractivity contribution is 5.78. The molecular weight excluding hydrogens is 813 g/mol. The molecule has 10 rings (SSSR count). The van der Waals surface area contributed by atoms with Crippen molar-refractivity contribution in [3.05, 3.63) is 280 Å². The third-order valence-electron chi connectivity index (χ3n) is 14.1. The molecular formula is C63H56N4. The summed E-state index contributed by atoms with van der Waals surface area (Å²) in [5.74, 6) is 1.96. The largest absolute Gasteiger partial charge is 0.313 e. The number of rotatable bonds is 8. The summed E-state index contributed by atoms with van der Waals surface area (Å²) in [5, 5.41) is 0. The molecule has 2 unspecified atom stereocenters. The third kappa shape index (κ3) is 7.97. The van der Waals surface area contributed by atoms with Gasteiger partial charge in [0.15, 0.2) is 17.5 Å². The topological polar surface area (TPSA) is 41.9 Å². The van der Waals surface area contributed by atoms with Gasteiger partial charge >= 0.3 is 0 Å². The van der Waals surface area contributed by atoms with Gasteiger partial charge in [0.05, 0.1) is 5.70 Å². The van der Waals surface area contributed by atoms with Gasteiger partial charge in [0.2, 0.25) is 0 Å². The van der Waals surface area contributed by atoms with E-state index in [9.17, 15) is 0 Å². The molecule has 1 fully saturated rings. The van der Waals surface area contributed by atoms with E-state index in [-0.39, 0.29) is 11.3 Å². The fourth-order valence-corrected chi connectivity index (χ4v) is 10.4. The minimum Gasteiger partial charge on any atom is -0.313 e. The molecule has 2 bridgehead atoms. The molecule has 0 saturated carbocycles. The summed E-state index contributed by atoms with van der Waals surface area (Å²) in [5.41, 5.74) is 17.9. The average molecular weight is 869 g/mol. The number of aromatic nitrogens is 3. The summed E-state index contributed by atoms with van der Waals surface area (Å²) in [6.07, 6.45) is 31.6. The lowest BCUT2D eigenvalue weighted by Gasteiger charge is -2.38. The standard InChI is InChI=1S/C63H56N4/c1-8-21-48(38-43(3)59-64-60(46-23-12-9-13-24-46)66-61(65-59)47-25-14-10-15-26-47)53-29-20-30-55(53)58-42(2)36-37-63(58,7)50-33-34-52-41-49(40-50)54-35-32-45-22-18-19-31-56(45)62(5,6)44(4)39-57(54)67(52)51-27-16-11-17-28-51/h8-31,33-40,42H,3-4,32,41H2,1-2,5-7H3/b21-8-,48-38+,54-35?,57-39?,58-55-. The lowest BCUT2D eigenvalue weighted by atomic mass is 9.71. The smallest absolute Gasteiger partial charge is 0.164 e. The zero-order chi connectivity index (χ0) is 46.3. The maximum atomic E-state index is 5.01. The van der Waals surface area contributed by atoms with Crippen LogP contribution in [-0.4, -0.2) is 15.0 Å². The van der Waals surface area contributed by atoms with Gasteiger partial charge in [-0.3, -0.25) is 0 Å². The molecule has 0 radical (unpaired) electrons. The van der Waals surface area contributed by atoms with Crippen LogP contribution >= 0.6 is 0 Å². The van der Waals surface area contributed by atoms with Crippen LogP contribution in [0.4, 0.5) is 5.69 Å². The zero-order valence-electron chi connectivity index (χ0n) is 39.2. The highest BCUT2D eigenvalue weighted by Gasteiger charge is 2.41. The van der Waals surface area contributed by atoms with Crippen LogP contribution in [0.1, 0.15) is 58.0 Å². The van der Waals surface area contributed by atoms with E-state index in [0.717, 1.165) is 46.4 Å². The first-order valence-corrected chi connectivity index (χ1v) is 23.4. The Balaban J connectivity index is 1.08. The van der Waals surface area contributed by atoms with E-state index in [1.165, 1.54) is 50.4 Å². The minimum absolute atomic E-state index is 0.198. The minimum atomic E-state index is -0.399. The fourth-order valence-electron chi connectivity index (χ4n) is 10.4. The first kappa shape index (κ1) is 43.2. The number of hydrogen-bond donors (Lipinski definition) is 0. The molecule has 1 saturated heterocycles. The highest BCUT2D eigenvalue weighted by Crippen LogP contribution is 2.54. The maximum Gasteiger partial charge on any atom is 0.164 e. The number of hydrogen-bond acceptors (Lipinski definition) is 4. The normalized spacial score (nSPS) is 22.0. The fraction of sp³-hybridized carbons (Fsp3) is 0.159. The second kappa shape index (κ2) is 17.6. The highest BCUT2D eigenvalue weighted by atomic mass is 15.2. The van der Waals surface area contributed by atoms with Crippen molar-refractivity contribution in [2.75, 3.05) is 4.90 Å². The van der Waals surface area contributed by atoms with Crippen molar-refractivity contribution in [3.63, 3.8) is 0 Å². The van der Waals surface area contributed by atoms with Gasteiger partial charge in [0, 0.05) is 45.3 Å². The molecule has 4 nitrogen and oxygen atoms in total. The molecule has 0 amide bonds. The second-order valence-corrected chi connectivity index (χ2v) is 18.7. The average Bonchev–Trinajstić information content (AvgIpc) is 3.90. The molecule has 0 spiro atoms. The van der Waals surface area contributed by atoms with Crippen molar-refractivity contribution in [2.45, 2.75) is 52.9 Å². The Labute approximate surface area is 396 Å². The Morgan fingerprint density at radius 3 is 2.12 bits per heavy atom. The predicted molar refractivity (Wildman–Crippen MR) is 280 cm³/mol. The van der Waals surface area contributed by atoms with Crippen LogP contribution in [-0.2, 0) is 11.8 Å². The van der Waals surface area contributed by atoms with Gasteiger partial charge in [-0.1, -0.05) is 198 Å². The van der Waals surface area contributed by atoms with Gasteiger partial charge in [-0.2, -0.15) is 0 Å². The summed E-state index contributed by atoms with van der Waals surface area (Å²) < 4.78 is 0. The Bertz CT molecular complexity index is 3130. The van der Waals surface area contributed by atoms with E-state index < -0.39 is 5.41 Å². The van der Waals surface area contributed by atoms with Crippen LogP contribution in [0.5, 0.6) is 0 Å². The lowest BCUT2D eigenvalue weighted by Crippen LogP contribution is -2.29. The van der Waals surface area contributed by atoms with E-state index in [0.29, 0.717) is 23.0 Å². The van der Waals surface area contributed by atoms with E-state index >= 15 is 0 Å². The van der Waals surface area contributed by atoms with Crippen molar-refractivity contribution >= 4 is 11.3 Å². The van der Waals surface area contributed by atoms with Gasteiger partial charge in [-0.25, -0.2) is 15.0 Å². The van der Waals surface area contributed by atoms with Crippen molar-refractivity contribution in [1.82, 2.24) is 15.0 Å². The molecule has 4 aliphatic carbocycles. The van der Waals surface area contributed by atoms with Gasteiger partial charge in [0.25, 0.3) is 0 Å². The van der Waals surface area contributed by atoms with E-state index in [1.807, 2.05) is 60.7 Å². The van der Waals surface area contributed by atoms with Gasteiger partial charge < -0.3 is 4.90 Å². The van der Waals surface area contributed by atoms with Gasteiger partial charge in [0.1, 0.15) is 0 Å². The molecule has 0 N–H and O–H groups in total. The number of piperidine rings is 1. The molecule has 5 aromatic rings. The predicted octanol–water partition coefficient (Wildman–Crippen LogP) is 15.3. The molecule has 328 valence electrons. The van der Waals surface area contributed by atoms with Crippen LogP contribution in [0.15, 0.2) is 263 Å². The lowest BCUT2D eigenvalue weighted by molar-refractivity contribution is 0.601. The van der Waals surface area contributed by atoms with Crippen molar-refractivity contribution < 1.29 is 0 Å². The monoisotopic (exact) mass is 868 g/mol. The van der Waals surface area contributed by atoms with E-state index in [4.69, 9.17) is 21.5 Å². The number of benzene rings is 4. The molecule has 1 aromatic heterocycles. The number of allylic oxidation sites excluding steroid dienone is 22. The van der Waals surface area contributed by atoms with Crippen LogP contribution in [0.2, 0.25) is 0 Å². The van der Waals surface area contributed by atoms with Crippen LogP contribution in [0.25, 0.3) is 28.3 Å². The van der Waals surface area contributed by atoms with Crippen molar-refractivity contribution in [1.29, 1.82) is 0 Å². The van der Waals surface area contributed by atoms with E-state index in [2.05, 4.69) is 180 Å². The Hall–Kier alpha value is -7.69. The van der Waals surface area contributed by atoms with Gasteiger partial charge in [-0.15, -0.1) is 0 Å². The third-order valence-corrected chi connectivity index (χ3v) is 14.1. The summed E-state index contributed by atoms with van der Waals surface area (Å²) in [7, 11) is 0. The Morgan fingerprint density at radius 2 is 1.43 bits per heavy atom. The number of nitrogens with zero attached hydrogens (tertiary/aromatic N) is 4. The van der Waals surface area contributed by atoms with Crippen molar-refractivity contribution in [2.24, 2.45) is 11.3 Å². The number of fused-ring (bicyclic) bond motifs is 5. The molecule has 2 heterocycles. The molecule has 67 heavy (non-hydrogen) atoms. The summed E-state index contributed by atoms with van der Waals surface area (Å²) in [6, 6.07) is 39.9. The molecule has 2 atom stereocenters. The number of para-hydroxylation sites is 1. The maximum absolute atomic E-state index is 5.01. The summed E-state index contributed by atoms with van der Waals surface area (Å²) in [6.45, 7) is 20.8.